The van der Waals surface area contributed by atoms with E-state index in [4.69, 9.17) is 0 Å². The molecule has 0 N–H and O–H groups in total. The molecule has 109 valence electrons. The van der Waals surface area contributed by atoms with Crippen molar-refractivity contribution in [2.45, 2.75) is 90.4 Å². The zero-order valence-corrected chi connectivity index (χ0v) is 13.0. The monoisotopic (exact) mass is 261 g/mol. The van der Waals surface area contributed by atoms with Crippen molar-refractivity contribution in [2.24, 2.45) is 11.8 Å². The first-order valence-electron chi connectivity index (χ1n) is 8.93. The Morgan fingerprint density at radius 2 is 1.47 bits per heavy atom. The maximum Gasteiger partial charge on any atom is -0.0165 e. The average Bonchev–Trinajstić information content (AvgIpc) is 3.03. The fraction of sp³-hybridized carbons (Fsp3) is 0.842. The van der Waals surface area contributed by atoms with Crippen molar-refractivity contribution in [3.63, 3.8) is 0 Å². The number of rotatable bonds is 11. The summed E-state index contributed by atoms with van der Waals surface area (Å²) in [6.07, 6.45) is 23.8. The molecule has 1 fully saturated rings. The summed E-state index contributed by atoms with van der Waals surface area (Å²) in [5, 5.41) is 0. The van der Waals surface area contributed by atoms with Crippen LogP contribution < -0.4 is 0 Å². The summed E-state index contributed by atoms with van der Waals surface area (Å²) in [4.78, 5) is 0. The van der Waals surface area contributed by atoms with Gasteiger partial charge in [-0.1, -0.05) is 83.3 Å². The van der Waals surface area contributed by atoms with Crippen LogP contribution in [0.2, 0.25) is 0 Å². The van der Waals surface area contributed by atoms with Crippen molar-refractivity contribution < 1.29 is 0 Å². The van der Waals surface area contributed by atoms with Crippen LogP contribution in [0.1, 0.15) is 90.4 Å². The Hall–Kier alpha value is -0.260. The first kappa shape index (κ1) is 15.1. The molecule has 2 aliphatic carbocycles. The van der Waals surface area contributed by atoms with Gasteiger partial charge in [-0.05, 0) is 37.0 Å². The topological polar surface area (TPSA) is 0 Å². The molecule has 2 aliphatic rings. The third kappa shape index (κ3) is 5.32. The van der Waals surface area contributed by atoms with Crippen LogP contribution in [-0.2, 0) is 0 Å². The molecular weight excluding hydrogens is 228 g/mol. The lowest BCUT2D eigenvalue weighted by Crippen LogP contribution is -2.03. The molecule has 0 nitrogen and oxygen atoms in total. The van der Waals surface area contributed by atoms with Crippen LogP contribution in [0.4, 0.5) is 0 Å². The van der Waals surface area contributed by atoms with Gasteiger partial charge in [-0.3, -0.25) is 0 Å². The van der Waals surface area contributed by atoms with Gasteiger partial charge in [0.2, 0.25) is 0 Å². The van der Waals surface area contributed by atoms with Gasteiger partial charge in [0.25, 0.3) is 0 Å². The van der Waals surface area contributed by atoms with Crippen LogP contribution in [0.5, 0.6) is 0 Å². The molecule has 2 unspecified atom stereocenters. The van der Waals surface area contributed by atoms with Crippen LogP contribution in [0.25, 0.3) is 0 Å². The van der Waals surface area contributed by atoms with Crippen LogP contribution >= 0.6 is 0 Å². The van der Waals surface area contributed by atoms with Crippen molar-refractivity contribution >= 4 is 0 Å². The molecule has 0 spiro atoms. The fourth-order valence-electron chi connectivity index (χ4n) is 3.84. The minimum absolute atomic E-state index is 0.892. The highest BCUT2D eigenvalue weighted by atomic mass is 14.4. The Morgan fingerprint density at radius 1 is 0.842 bits per heavy atom. The lowest BCUT2D eigenvalue weighted by atomic mass is 9.88. The van der Waals surface area contributed by atoms with Gasteiger partial charge in [0, 0.05) is 0 Å². The van der Waals surface area contributed by atoms with Gasteiger partial charge < -0.3 is 0 Å². The van der Waals surface area contributed by atoms with Crippen LogP contribution in [0.15, 0.2) is 12.2 Å². The summed E-state index contributed by atoms with van der Waals surface area (Å²) in [7, 11) is 0. The summed E-state index contributed by atoms with van der Waals surface area (Å²) >= 11 is 0. The van der Waals surface area contributed by atoms with E-state index >= 15 is 0 Å². The molecule has 0 aliphatic heterocycles. The summed E-state index contributed by atoms with van der Waals surface area (Å²) in [6.45, 7) is 2.30. The largest absolute Gasteiger partial charge is 0.0851 e. The van der Waals surface area contributed by atoms with E-state index < -0.39 is 0 Å². The van der Waals surface area contributed by atoms with Gasteiger partial charge in [0.05, 0.1) is 0 Å². The van der Waals surface area contributed by atoms with Gasteiger partial charge in [-0.15, -0.1) is 0 Å². The lowest BCUT2D eigenvalue weighted by molar-refractivity contribution is 0.539. The molecule has 0 saturated heterocycles. The molecule has 0 aromatic carbocycles. The second-order valence-electron chi connectivity index (χ2n) is 6.78. The van der Waals surface area contributed by atoms with Crippen LogP contribution in [0, 0.1) is 17.8 Å². The second kappa shape index (κ2) is 8.82. The highest BCUT2D eigenvalue weighted by Crippen LogP contribution is 2.46. The second-order valence-corrected chi connectivity index (χ2v) is 6.78. The summed E-state index contributed by atoms with van der Waals surface area (Å²) in [5.74, 6) is 3.71. The third-order valence-corrected chi connectivity index (χ3v) is 5.07. The maximum atomic E-state index is 2.47. The Bertz CT molecular complexity index is 253. The van der Waals surface area contributed by atoms with E-state index in [0.717, 1.165) is 11.8 Å². The molecular formula is C19H33. The zero-order chi connectivity index (χ0) is 13.3. The normalized spacial score (nSPS) is 25.5. The van der Waals surface area contributed by atoms with Gasteiger partial charge >= 0.3 is 0 Å². The van der Waals surface area contributed by atoms with Crippen molar-refractivity contribution in [2.75, 3.05) is 0 Å². The zero-order valence-electron chi connectivity index (χ0n) is 13.0. The number of hydrogen-bond acceptors (Lipinski definition) is 0. The Labute approximate surface area is 121 Å². The minimum Gasteiger partial charge on any atom is -0.0851 e. The first-order chi connectivity index (χ1) is 9.40. The molecule has 1 saturated carbocycles. The van der Waals surface area contributed by atoms with Crippen LogP contribution in [0.3, 0.4) is 0 Å². The number of allylic oxidation sites excluding steroid dienone is 2. The molecule has 19 heavy (non-hydrogen) atoms. The predicted octanol–water partition coefficient (Wildman–Crippen LogP) is 6.47. The van der Waals surface area contributed by atoms with E-state index in [1.807, 2.05) is 5.92 Å². The molecule has 0 aromatic rings. The molecule has 0 aromatic heterocycles. The van der Waals surface area contributed by atoms with Gasteiger partial charge in [0.15, 0.2) is 0 Å². The van der Waals surface area contributed by atoms with Gasteiger partial charge in [-0.25, -0.2) is 0 Å². The summed E-state index contributed by atoms with van der Waals surface area (Å²) in [5.41, 5.74) is 0. The molecule has 0 amide bonds. The van der Waals surface area contributed by atoms with E-state index in [1.165, 1.54) is 83.5 Å². The standard InChI is InChI=1S/C19H33/c1-2-3-4-5-6-7-8-9-10-11-12-18-15-17-13-14-19(18)16-17/h13-14,17,19H,2-12,15-16H2,1H3. The summed E-state index contributed by atoms with van der Waals surface area (Å²) < 4.78 is 0. The van der Waals surface area contributed by atoms with Crippen molar-refractivity contribution in [1.82, 2.24) is 0 Å². The predicted molar refractivity (Wildman–Crippen MR) is 85.1 cm³/mol. The van der Waals surface area contributed by atoms with Gasteiger partial charge in [-0.2, -0.15) is 0 Å². The summed E-state index contributed by atoms with van der Waals surface area (Å²) in [6, 6.07) is 0. The smallest absolute Gasteiger partial charge is 0.0165 e. The molecule has 2 bridgehead atoms. The number of fused-ring (bicyclic) bond motifs is 2. The van der Waals surface area contributed by atoms with E-state index in [0.29, 0.717) is 0 Å². The molecule has 2 atom stereocenters. The highest BCUT2D eigenvalue weighted by Gasteiger charge is 2.35. The average molecular weight is 261 g/mol. The molecule has 1 radical (unpaired) electrons. The highest BCUT2D eigenvalue weighted by molar-refractivity contribution is 5.21. The van der Waals surface area contributed by atoms with E-state index in [9.17, 15) is 0 Å². The minimum atomic E-state index is 0.892. The van der Waals surface area contributed by atoms with Crippen molar-refractivity contribution in [3.8, 4) is 0 Å². The van der Waals surface area contributed by atoms with Crippen molar-refractivity contribution in [3.05, 3.63) is 18.1 Å². The number of unbranched alkanes of at least 4 members (excludes halogenated alkanes) is 9. The Morgan fingerprint density at radius 3 is 2.00 bits per heavy atom. The van der Waals surface area contributed by atoms with Crippen molar-refractivity contribution in [1.29, 1.82) is 0 Å². The molecule has 2 rings (SSSR count). The Kier molecular flexibility index (Phi) is 7.03. The SMILES string of the molecule is CCCCCCCCCCCC[C]1CC2C=CC1C2. The van der Waals surface area contributed by atoms with E-state index in [1.54, 1.807) is 0 Å². The maximum absolute atomic E-state index is 2.47. The molecule has 0 heteroatoms. The van der Waals surface area contributed by atoms with Gasteiger partial charge in [0.1, 0.15) is 0 Å². The number of hydrogen-bond donors (Lipinski definition) is 0. The van der Waals surface area contributed by atoms with E-state index in [-0.39, 0.29) is 0 Å². The quantitative estimate of drug-likeness (QED) is 0.295. The third-order valence-electron chi connectivity index (χ3n) is 5.07. The van der Waals surface area contributed by atoms with E-state index in [2.05, 4.69) is 19.1 Å². The lowest BCUT2D eigenvalue weighted by Gasteiger charge is -2.16. The van der Waals surface area contributed by atoms with Crippen LogP contribution in [-0.4, -0.2) is 0 Å². The molecule has 0 heterocycles. The fourth-order valence-corrected chi connectivity index (χ4v) is 3.84. The first-order valence-corrected chi connectivity index (χ1v) is 8.93. The Balaban J connectivity index is 1.34.